The molecule has 0 aromatic carbocycles. The lowest BCUT2D eigenvalue weighted by Crippen LogP contribution is -2.13. The number of aliphatic hydroxyl groups is 1. The highest BCUT2D eigenvalue weighted by molar-refractivity contribution is 5.85. The minimum Gasteiger partial charge on any atom is -0.511 e. The SMILES string of the molecule is CCOC(=O)C(=CO)OCCOC. The summed E-state index contributed by atoms with van der Waals surface area (Å²) < 4.78 is 14.1. The van der Waals surface area contributed by atoms with Crippen LogP contribution in [-0.4, -0.2) is 38.0 Å². The Morgan fingerprint density at radius 1 is 1.38 bits per heavy atom. The highest BCUT2D eigenvalue weighted by atomic mass is 16.6. The molecule has 0 radical (unpaired) electrons. The van der Waals surface area contributed by atoms with E-state index in [9.17, 15) is 4.79 Å². The Hall–Kier alpha value is -1.23. The molecule has 0 unspecified atom stereocenters. The molecule has 5 nitrogen and oxygen atoms in total. The lowest BCUT2D eigenvalue weighted by atomic mass is 10.5. The van der Waals surface area contributed by atoms with Crippen molar-refractivity contribution >= 4 is 5.97 Å². The zero-order valence-electron chi connectivity index (χ0n) is 7.78. The van der Waals surface area contributed by atoms with Gasteiger partial charge in [0, 0.05) is 7.11 Å². The minimum atomic E-state index is -0.680. The molecular weight excluding hydrogens is 176 g/mol. The fourth-order valence-electron chi connectivity index (χ4n) is 0.586. The third kappa shape index (κ3) is 5.08. The average Bonchev–Trinajstić information content (AvgIpc) is 2.13. The first-order valence-electron chi connectivity index (χ1n) is 3.89. The van der Waals surface area contributed by atoms with Gasteiger partial charge in [0.1, 0.15) is 12.9 Å². The number of hydrogen-bond donors (Lipinski definition) is 1. The second-order valence-electron chi connectivity index (χ2n) is 2.06. The molecule has 0 spiro atoms. The van der Waals surface area contributed by atoms with Gasteiger partial charge in [0.15, 0.2) is 0 Å². The summed E-state index contributed by atoms with van der Waals surface area (Å²) in [5.74, 6) is -0.889. The Balaban J connectivity index is 3.83. The molecule has 0 bridgehead atoms. The van der Waals surface area contributed by atoms with Crippen LogP contribution in [-0.2, 0) is 19.0 Å². The molecule has 0 saturated heterocycles. The van der Waals surface area contributed by atoms with Gasteiger partial charge >= 0.3 is 5.97 Å². The van der Waals surface area contributed by atoms with E-state index in [2.05, 4.69) is 4.74 Å². The molecule has 0 aliphatic heterocycles. The summed E-state index contributed by atoms with van der Waals surface area (Å²) in [5.41, 5.74) is 0. The van der Waals surface area contributed by atoms with Gasteiger partial charge in [-0.2, -0.15) is 0 Å². The fraction of sp³-hybridized carbons (Fsp3) is 0.625. The van der Waals surface area contributed by atoms with Crippen LogP contribution in [0.4, 0.5) is 0 Å². The summed E-state index contributed by atoms with van der Waals surface area (Å²) in [6.45, 7) is 2.45. The maximum Gasteiger partial charge on any atom is 0.376 e. The predicted octanol–water partition coefficient (Wildman–Crippen LogP) is 0.612. The Bertz CT molecular complexity index is 175. The summed E-state index contributed by atoms with van der Waals surface area (Å²) in [4.78, 5) is 11.0. The number of methoxy groups -OCH3 is 1. The van der Waals surface area contributed by atoms with Crippen LogP contribution < -0.4 is 0 Å². The summed E-state index contributed by atoms with van der Waals surface area (Å²) in [6.07, 6.45) is 0.577. The molecule has 0 aromatic rings. The predicted molar refractivity (Wildman–Crippen MR) is 45.2 cm³/mol. The quantitative estimate of drug-likeness (QED) is 0.288. The molecule has 0 saturated carbocycles. The van der Waals surface area contributed by atoms with E-state index in [0.717, 1.165) is 0 Å². The summed E-state index contributed by atoms with van der Waals surface area (Å²) >= 11 is 0. The Kier molecular flexibility index (Phi) is 6.72. The summed E-state index contributed by atoms with van der Waals surface area (Å²) in [7, 11) is 1.51. The van der Waals surface area contributed by atoms with Gasteiger partial charge in [0.2, 0.25) is 5.76 Å². The summed E-state index contributed by atoms with van der Waals surface area (Å²) in [6, 6.07) is 0. The lowest BCUT2D eigenvalue weighted by molar-refractivity contribution is -0.143. The van der Waals surface area contributed by atoms with Gasteiger partial charge in [-0.1, -0.05) is 0 Å². The number of esters is 1. The van der Waals surface area contributed by atoms with Crippen LogP contribution in [0.25, 0.3) is 0 Å². The van der Waals surface area contributed by atoms with E-state index in [1.54, 1.807) is 6.92 Å². The second kappa shape index (κ2) is 7.42. The van der Waals surface area contributed by atoms with Crippen LogP contribution >= 0.6 is 0 Å². The summed E-state index contributed by atoms with van der Waals surface area (Å²) in [5, 5.41) is 8.59. The third-order valence-corrected chi connectivity index (χ3v) is 1.14. The molecule has 1 N–H and O–H groups in total. The smallest absolute Gasteiger partial charge is 0.376 e. The monoisotopic (exact) mass is 190 g/mol. The highest BCUT2D eigenvalue weighted by Gasteiger charge is 2.11. The Morgan fingerprint density at radius 3 is 2.54 bits per heavy atom. The van der Waals surface area contributed by atoms with Gasteiger partial charge < -0.3 is 19.3 Å². The number of ether oxygens (including phenoxy) is 3. The molecule has 76 valence electrons. The van der Waals surface area contributed by atoms with E-state index in [4.69, 9.17) is 14.6 Å². The average molecular weight is 190 g/mol. The third-order valence-electron chi connectivity index (χ3n) is 1.14. The molecule has 0 fully saturated rings. The first-order chi connectivity index (χ1) is 6.26. The molecule has 5 heteroatoms. The molecule has 0 aliphatic carbocycles. The zero-order valence-corrected chi connectivity index (χ0v) is 7.78. The standard InChI is InChI=1S/C8H14O5/c1-3-12-8(10)7(6-9)13-5-4-11-2/h6,9H,3-5H2,1-2H3. The number of carbonyl (C=O) groups excluding carboxylic acids is 1. The number of carbonyl (C=O) groups is 1. The number of rotatable bonds is 6. The molecule has 0 heterocycles. The van der Waals surface area contributed by atoms with Gasteiger partial charge in [0.25, 0.3) is 0 Å². The van der Waals surface area contributed by atoms with Crippen LogP contribution in [0.3, 0.4) is 0 Å². The fourth-order valence-corrected chi connectivity index (χ4v) is 0.586. The van der Waals surface area contributed by atoms with Crippen molar-refractivity contribution in [3.05, 3.63) is 12.0 Å². The van der Waals surface area contributed by atoms with E-state index < -0.39 is 5.97 Å². The van der Waals surface area contributed by atoms with Crippen molar-refractivity contribution in [3.63, 3.8) is 0 Å². The zero-order chi connectivity index (χ0) is 10.1. The van der Waals surface area contributed by atoms with Crippen molar-refractivity contribution in [2.75, 3.05) is 26.9 Å². The number of hydrogen-bond acceptors (Lipinski definition) is 5. The van der Waals surface area contributed by atoms with E-state index in [1.807, 2.05) is 0 Å². The lowest BCUT2D eigenvalue weighted by Gasteiger charge is -2.07. The molecule has 0 rings (SSSR count). The normalized spacial score (nSPS) is 11.1. The first kappa shape index (κ1) is 11.8. The van der Waals surface area contributed by atoms with Crippen molar-refractivity contribution in [1.29, 1.82) is 0 Å². The van der Waals surface area contributed by atoms with Crippen LogP contribution in [0.2, 0.25) is 0 Å². The maximum atomic E-state index is 11.0. The molecule has 0 aliphatic rings. The first-order valence-corrected chi connectivity index (χ1v) is 3.89. The van der Waals surface area contributed by atoms with E-state index >= 15 is 0 Å². The van der Waals surface area contributed by atoms with E-state index in [1.165, 1.54) is 7.11 Å². The van der Waals surface area contributed by atoms with Crippen molar-refractivity contribution < 1.29 is 24.1 Å². The Morgan fingerprint density at radius 2 is 2.08 bits per heavy atom. The van der Waals surface area contributed by atoms with E-state index in [-0.39, 0.29) is 19.0 Å². The number of aliphatic hydroxyl groups excluding tert-OH is 1. The van der Waals surface area contributed by atoms with Crippen LogP contribution in [0, 0.1) is 0 Å². The maximum absolute atomic E-state index is 11.0. The molecule has 0 aromatic heterocycles. The topological polar surface area (TPSA) is 65.0 Å². The highest BCUT2D eigenvalue weighted by Crippen LogP contribution is 1.99. The van der Waals surface area contributed by atoms with Crippen LogP contribution in [0.5, 0.6) is 0 Å². The molecular formula is C8H14O5. The van der Waals surface area contributed by atoms with Crippen molar-refractivity contribution in [2.24, 2.45) is 0 Å². The van der Waals surface area contributed by atoms with Gasteiger partial charge in [0.05, 0.1) is 13.2 Å². The van der Waals surface area contributed by atoms with Crippen LogP contribution in [0.1, 0.15) is 6.92 Å². The molecule has 0 atom stereocenters. The van der Waals surface area contributed by atoms with Gasteiger partial charge in [-0.3, -0.25) is 0 Å². The van der Waals surface area contributed by atoms with Gasteiger partial charge in [-0.25, -0.2) is 4.79 Å². The Labute approximate surface area is 76.9 Å². The molecule has 0 amide bonds. The van der Waals surface area contributed by atoms with Gasteiger partial charge in [-0.05, 0) is 6.92 Å². The van der Waals surface area contributed by atoms with E-state index in [0.29, 0.717) is 12.9 Å². The largest absolute Gasteiger partial charge is 0.511 e. The minimum absolute atomic E-state index is 0.196. The van der Waals surface area contributed by atoms with Crippen molar-refractivity contribution in [2.45, 2.75) is 6.92 Å². The van der Waals surface area contributed by atoms with Gasteiger partial charge in [-0.15, -0.1) is 0 Å². The second-order valence-corrected chi connectivity index (χ2v) is 2.06. The molecule has 13 heavy (non-hydrogen) atoms. The van der Waals surface area contributed by atoms with Crippen LogP contribution in [0.15, 0.2) is 12.0 Å². The van der Waals surface area contributed by atoms with Crippen molar-refractivity contribution in [1.82, 2.24) is 0 Å². The van der Waals surface area contributed by atoms with Crippen molar-refractivity contribution in [3.8, 4) is 0 Å².